The highest BCUT2D eigenvalue weighted by Crippen LogP contribution is 2.33. The maximum Gasteiger partial charge on any atom is 0.301 e. The fraction of sp³-hybridized carbons (Fsp3) is 0.238. The van der Waals surface area contributed by atoms with Crippen LogP contribution in [0.3, 0.4) is 0 Å². The normalized spacial score (nSPS) is 15.0. The zero-order valence-electron chi connectivity index (χ0n) is 15.2. The molecule has 0 bridgehead atoms. The summed E-state index contributed by atoms with van der Waals surface area (Å²) in [7, 11) is 1.54. The first-order valence-corrected chi connectivity index (χ1v) is 8.31. The minimum Gasteiger partial charge on any atom is -0.502 e. The lowest BCUT2D eigenvalue weighted by Gasteiger charge is -2.21. The van der Waals surface area contributed by atoms with E-state index in [0.717, 1.165) is 10.5 Å². The lowest BCUT2D eigenvalue weighted by molar-refractivity contribution is -0.121. The Morgan fingerprint density at radius 2 is 1.46 bits per heavy atom. The first-order chi connectivity index (χ1) is 12.2. The number of imide groups is 1. The van der Waals surface area contributed by atoms with Gasteiger partial charge in [-0.25, -0.2) is 4.90 Å². The van der Waals surface area contributed by atoms with Crippen molar-refractivity contribution in [2.75, 3.05) is 12.0 Å². The van der Waals surface area contributed by atoms with E-state index in [2.05, 4.69) is 20.8 Å². The number of rotatable bonds is 3. The van der Waals surface area contributed by atoms with Crippen molar-refractivity contribution in [2.24, 2.45) is 0 Å². The van der Waals surface area contributed by atoms with Crippen molar-refractivity contribution in [1.82, 2.24) is 0 Å². The molecule has 0 radical (unpaired) electrons. The van der Waals surface area contributed by atoms with Crippen LogP contribution >= 0.6 is 0 Å². The maximum atomic E-state index is 12.8. The molecular formula is C21H21NO4. The SMILES string of the molecule is COc1ccc(C2=C(O)C(=O)N(c3ccc(C(C)(C)C)cc3)C2=O)cc1. The molecule has 5 nitrogen and oxygen atoms in total. The molecule has 0 aliphatic carbocycles. The molecule has 2 aromatic rings. The zero-order valence-corrected chi connectivity index (χ0v) is 15.2. The third kappa shape index (κ3) is 2.96. The number of amides is 2. The van der Waals surface area contributed by atoms with Gasteiger partial charge >= 0.3 is 5.91 Å². The highest BCUT2D eigenvalue weighted by Gasteiger charge is 2.40. The van der Waals surface area contributed by atoms with Gasteiger partial charge in [0, 0.05) is 0 Å². The molecule has 0 saturated heterocycles. The summed E-state index contributed by atoms with van der Waals surface area (Å²) in [6.45, 7) is 6.26. The van der Waals surface area contributed by atoms with Gasteiger partial charge in [-0.1, -0.05) is 45.0 Å². The Morgan fingerprint density at radius 3 is 1.96 bits per heavy atom. The molecule has 2 amide bonds. The van der Waals surface area contributed by atoms with Crippen LogP contribution in [0.2, 0.25) is 0 Å². The molecule has 0 saturated carbocycles. The number of anilines is 1. The number of carbonyl (C=O) groups is 2. The number of nitrogens with zero attached hydrogens (tertiary/aromatic N) is 1. The molecular weight excluding hydrogens is 330 g/mol. The largest absolute Gasteiger partial charge is 0.502 e. The summed E-state index contributed by atoms with van der Waals surface area (Å²) in [4.78, 5) is 26.3. The van der Waals surface area contributed by atoms with Gasteiger partial charge in [0.2, 0.25) is 0 Å². The van der Waals surface area contributed by atoms with Gasteiger partial charge in [0.05, 0.1) is 18.4 Å². The Hall–Kier alpha value is -3.08. The number of hydrogen-bond acceptors (Lipinski definition) is 4. The maximum absolute atomic E-state index is 12.8. The Morgan fingerprint density at radius 1 is 0.885 bits per heavy atom. The molecule has 0 aromatic heterocycles. The van der Waals surface area contributed by atoms with Gasteiger partial charge in [0.25, 0.3) is 5.91 Å². The predicted octanol–water partition coefficient (Wildman–Crippen LogP) is 3.84. The number of ether oxygens (including phenoxy) is 1. The summed E-state index contributed by atoms with van der Waals surface area (Å²) >= 11 is 0. The highest BCUT2D eigenvalue weighted by molar-refractivity contribution is 6.44. The molecule has 5 heteroatoms. The van der Waals surface area contributed by atoms with Crippen molar-refractivity contribution in [3.63, 3.8) is 0 Å². The van der Waals surface area contributed by atoms with Crippen molar-refractivity contribution < 1.29 is 19.4 Å². The Kier molecular flexibility index (Phi) is 4.32. The fourth-order valence-electron chi connectivity index (χ4n) is 2.88. The van der Waals surface area contributed by atoms with Crippen molar-refractivity contribution >= 4 is 23.1 Å². The average molecular weight is 351 g/mol. The second kappa shape index (κ2) is 6.33. The summed E-state index contributed by atoms with van der Waals surface area (Å²) < 4.78 is 5.09. The molecule has 134 valence electrons. The van der Waals surface area contributed by atoms with Crippen LogP contribution in [0.25, 0.3) is 5.57 Å². The molecule has 0 unspecified atom stereocenters. The highest BCUT2D eigenvalue weighted by atomic mass is 16.5. The van der Waals surface area contributed by atoms with E-state index in [9.17, 15) is 14.7 Å². The minimum absolute atomic E-state index is 0.00227. The summed E-state index contributed by atoms with van der Waals surface area (Å²) in [6.07, 6.45) is 0. The fourth-order valence-corrected chi connectivity index (χ4v) is 2.88. The van der Waals surface area contributed by atoms with E-state index < -0.39 is 17.6 Å². The number of methoxy groups -OCH3 is 1. The number of carbonyl (C=O) groups excluding carboxylic acids is 2. The van der Waals surface area contributed by atoms with Gasteiger partial charge in [-0.3, -0.25) is 9.59 Å². The van der Waals surface area contributed by atoms with Gasteiger partial charge in [-0.15, -0.1) is 0 Å². The van der Waals surface area contributed by atoms with Gasteiger partial charge in [-0.05, 0) is 40.8 Å². The summed E-state index contributed by atoms with van der Waals surface area (Å²) in [5.74, 6) is -1.18. The molecule has 0 fully saturated rings. The van der Waals surface area contributed by atoms with E-state index in [1.807, 2.05) is 12.1 Å². The quantitative estimate of drug-likeness (QED) is 0.854. The van der Waals surface area contributed by atoms with E-state index in [-0.39, 0.29) is 11.0 Å². The Labute approximate surface area is 152 Å². The monoisotopic (exact) mass is 351 g/mol. The summed E-state index contributed by atoms with van der Waals surface area (Å²) in [6, 6.07) is 13.9. The molecule has 1 heterocycles. The zero-order chi connectivity index (χ0) is 19.1. The van der Waals surface area contributed by atoms with Crippen LogP contribution in [0, 0.1) is 0 Å². The second-order valence-corrected chi connectivity index (χ2v) is 7.19. The van der Waals surface area contributed by atoms with E-state index in [1.54, 1.807) is 43.5 Å². The third-order valence-electron chi connectivity index (χ3n) is 4.43. The molecule has 3 rings (SSSR count). The lowest BCUT2D eigenvalue weighted by atomic mass is 9.87. The average Bonchev–Trinajstić information content (AvgIpc) is 2.84. The second-order valence-electron chi connectivity index (χ2n) is 7.19. The van der Waals surface area contributed by atoms with Crippen molar-refractivity contribution in [1.29, 1.82) is 0 Å². The topological polar surface area (TPSA) is 66.8 Å². The molecule has 26 heavy (non-hydrogen) atoms. The molecule has 1 N–H and O–H groups in total. The van der Waals surface area contributed by atoms with Gasteiger partial charge in [0.1, 0.15) is 5.75 Å². The lowest BCUT2D eigenvalue weighted by Crippen LogP contribution is -2.31. The number of benzene rings is 2. The van der Waals surface area contributed by atoms with E-state index in [1.165, 1.54) is 0 Å². The molecule has 1 aliphatic heterocycles. The van der Waals surface area contributed by atoms with Crippen LogP contribution in [0.4, 0.5) is 5.69 Å². The molecule has 1 aliphatic rings. The minimum atomic E-state index is -0.718. The van der Waals surface area contributed by atoms with Crippen LogP contribution in [-0.2, 0) is 15.0 Å². The smallest absolute Gasteiger partial charge is 0.301 e. The molecule has 0 spiro atoms. The standard InChI is InChI=1S/C21H21NO4/c1-21(2,3)14-7-9-15(10-8-14)22-19(24)17(18(23)20(22)25)13-5-11-16(26-4)12-6-13/h5-12,23H,1-4H3. The van der Waals surface area contributed by atoms with Crippen LogP contribution in [0.5, 0.6) is 5.75 Å². The van der Waals surface area contributed by atoms with Crippen molar-refractivity contribution in [2.45, 2.75) is 26.2 Å². The first-order valence-electron chi connectivity index (χ1n) is 8.31. The van der Waals surface area contributed by atoms with Gasteiger partial charge in [0.15, 0.2) is 5.76 Å². The van der Waals surface area contributed by atoms with Gasteiger partial charge < -0.3 is 9.84 Å². The molecule has 0 atom stereocenters. The van der Waals surface area contributed by atoms with Crippen LogP contribution in [0.15, 0.2) is 54.3 Å². The summed E-state index contributed by atoms with van der Waals surface area (Å²) in [5, 5.41) is 10.3. The van der Waals surface area contributed by atoms with E-state index in [0.29, 0.717) is 17.0 Å². The number of aliphatic hydroxyl groups excluding tert-OH is 1. The van der Waals surface area contributed by atoms with E-state index in [4.69, 9.17) is 4.74 Å². The van der Waals surface area contributed by atoms with Crippen LogP contribution < -0.4 is 9.64 Å². The first kappa shape index (κ1) is 17.7. The summed E-state index contributed by atoms with van der Waals surface area (Å²) in [5.41, 5.74) is 1.95. The third-order valence-corrected chi connectivity index (χ3v) is 4.43. The predicted molar refractivity (Wildman–Crippen MR) is 100 cm³/mol. The molecule has 2 aromatic carbocycles. The number of hydrogen-bond donors (Lipinski definition) is 1. The van der Waals surface area contributed by atoms with Gasteiger partial charge in [-0.2, -0.15) is 0 Å². The Balaban J connectivity index is 1.95. The van der Waals surface area contributed by atoms with Crippen LogP contribution in [0.1, 0.15) is 31.9 Å². The van der Waals surface area contributed by atoms with Crippen LogP contribution in [-0.4, -0.2) is 24.0 Å². The van der Waals surface area contributed by atoms with Crippen molar-refractivity contribution in [3.05, 3.63) is 65.4 Å². The Bertz CT molecular complexity index is 887. The number of aliphatic hydroxyl groups is 1. The van der Waals surface area contributed by atoms with Crippen molar-refractivity contribution in [3.8, 4) is 5.75 Å². The van der Waals surface area contributed by atoms with E-state index >= 15 is 0 Å².